The van der Waals surface area contributed by atoms with Crippen LogP contribution in [0.3, 0.4) is 0 Å². The van der Waals surface area contributed by atoms with Gasteiger partial charge in [-0.05, 0) is 18.1 Å². The molecular formula is C17H16N4O3. The van der Waals surface area contributed by atoms with E-state index in [-0.39, 0.29) is 23.1 Å². The molecule has 0 spiro atoms. The zero-order valence-electron chi connectivity index (χ0n) is 13.0. The van der Waals surface area contributed by atoms with Crippen LogP contribution in [0.15, 0.2) is 57.0 Å². The third kappa shape index (κ3) is 2.83. The summed E-state index contributed by atoms with van der Waals surface area (Å²) in [6.07, 6.45) is 2.12. The molecule has 0 aliphatic carbocycles. The largest absolute Gasteiger partial charge is 0.373 e. The van der Waals surface area contributed by atoms with E-state index in [1.54, 1.807) is 0 Å². The van der Waals surface area contributed by atoms with Crippen LogP contribution in [-0.2, 0) is 0 Å². The maximum atomic E-state index is 11.9. The van der Waals surface area contributed by atoms with Crippen LogP contribution in [0, 0.1) is 0 Å². The van der Waals surface area contributed by atoms with Crippen molar-refractivity contribution in [3.63, 3.8) is 0 Å². The van der Waals surface area contributed by atoms with Crippen molar-refractivity contribution < 1.29 is 0 Å². The molecule has 0 radical (unpaired) electrons. The zero-order chi connectivity index (χ0) is 17.1. The van der Waals surface area contributed by atoms with Gasteiger partial charge in [-0.1, -0.05) is 37.3 Å². The smallest absolute Gasteiger partial charge is 0.287 e. The Balaban J connectivity index is 1.89. The molecule has 122 valence electrons. The van der Waals surface area contributed by atoms with Gasteiger partial charge in [0.25, 0.3) is 16.4 Å². The van der Waals surface area contributed by atoms with E-state index in [2.05, 4.69) is 20.8 Å². The van der Waals surface area contributed by atoms with E-state index in [4.69, 9.17) is 0 Å². The van der Waals surface area contributed by atoms with Crippen LogP contribution in [0.2, 0.25) is 0 Å². The normalized spacial score (nSPS) is 12.0. The van der Waals surface area contributed by atoms with Crippen molar-refractivity contribution in [1.82, 2.24) is 10.2 Å². The molecule has 2 aromatic carbocycles. The molecule has 7 heteroatoms. The lowest BCUT2D eigenvalue weighted by molar-refractivity contribution is 0.747. The van der Waals surface area contributed by atoms with E-state index in [0.29, 0.717) is 0 Å². The van der Waals surface area contributed by atoms with Gasteiger partial charge in [0.2, 0.25) is 0 Å². The van der Waals surface area contributed by atoms with Gasteiger partial charge in [-0.25, -0.2) is 5.10 Å². The van der Waals surface area contributed by atoms with Gasteiger partial charge in [0.1, 0.15) is 17.1 Å². The third-order valence-electron chi connectivity index (χ3n) is 3.83. The van der Waals surface area contributed by atoms with Crippen molar-refractivity contribution in [1.29, 1.82) is 0 Å². The highest BCUT2D eigenvalue weighted by Crippen LogP contribution is 2.26. The SMILES string of the molecule is CC[C@@H](Nc1c(Nc2ccn[nH]c2=O)c(=O)c1=O)c1ccccc1. The fraction of sp³-hybridized carbons (Fsp3) is 0.176. The lowest BCUT2D eigenvalue weighted by Crippen LogP contribution is -2.38. The molecule has 0 saturated heterocycles. The molecule has 3 rings (SSSR count). The highest BCUT2D eigenvalue weighted by Gasteiger charge is 2.24. The molecule has 1 atom stereocenters. The van der Waals surface area contributed by atoms with Crippen LogP contribution < -0.4 is 27.1 Å². The first-order chi connectivity index (χ1) is 11.6. The Kier molecular flexibility index (Phi) is 4.24. The molecule has 0 fully saturated rings. The monoisotopic (exact) mass is 324 g/mol. The Morgan fingerprint density at radius 3 is 2.42 bits per heavy atom. The van der Waals surface area contributed by atoms with E-state index in [1.165, 1.54) is 12.3 Å². The number of aromatic amines is 1. The van der Waals surface area contributed by atoms with Crippen LogP contribution in [-0.4, -0.2) is 10.2 Å². The van der Waals surface area contributed by atoms with Gasteiger partial charge >= 0.3 is 0 Å². The molecule has 1 heterocycles. The van der Waals surface area contributed by atoms with Gasteiger partial charge in [-0.15, -0.1) is 0 Å². The standard InChI is InChI=1S/C17H16N4O3/c1-2-11(10-6-4-3-5-7-10)19-13-14(16(23)15(13)22)20-12-8-9-18-21-17(12)24/h3-9,11,19H,2H2,1H3,(H,18,20)(H,21,24)/t11-/m1/s1. The summed E-state index contributed by atoms with van der Waals surface area (Å²) in [4.78, 5) is 35.4. The van der Waals surface area contributed by atoms with Crippen LogP contribution in [0.5, 0.6) is 0 Å². The fourth-order valence-electron chi connectivity index (χ4n) is 2.51. The Labute approximate surface area is 137 Å². The van der Waals surface area contributed by atoms with Crippen molar-refractivity contribution in [3.8, 4) is 0 Å². The number of nitrogens with one attached hydrogen (secondary N) is 3. The van der Waals surface area contributed by atoms with Gasteiger partial charge in [-0.2, -0.15) is 5.10 Å². The fourth-order valence-corrected chi connectivity index (χ4v) is 2.51. The Morgan fingerprint density at radius 2 is 1.75 bits per heavy atom. The molecule has 0 aliphatic rings. The first-order valence-corrected chi connectivity index (χ1v) is 7.57. The molecule has 24 heavy (non-hydrogen) atoms. The molecule has 3 N–H and O–H groups in total. The minimum absolute atomic E-state index is 0.103. The number of hydrogen-bond acceptors (Lipinski definition) is 6. The first kappa shape index (κ1) is 15.7. The maximum Gasteiger partial charge on any atom is 0.287 e. The van der Waals surface area contributed by atoms with Crippen molar-refractivity contribution in [2.75, 3.05) is 10.6 Å². The highest BCUT2D eigenvalue weighted by atomic mass is 16.2. The quantitative estimate of drug-likeness (QED) is 0.596. The topological polar surface area (TPSA) is 104 Å². The number of aromatic nitrogens is 2. The van der Waals surface area contributed by atoms with Crippen LogP contribution in [0.4, 0.5) is 17.1 Å². The minimum Gasteiger partial charge on any atom is -0.373 e. The summed E-state index contributed by atoms with van der Waals surface area (Å²) in [7, 11) is 0. The van der Waals surface area contributed by atoms with Crippen LogP contribution >= 0.6 is 0 Å². The van der Waals surface area contributed by atoms with E-state index in [1.807, 2.05) is 37.3 Å². The number of H-pyrrole nitrogens is 1. The second-order valence-electron chi connectivity index (χ2n) is 5.35. The van der Waals surface area contributed by atoms with Gasteiger partial charge in [0.05, 0.1) is 6.04 Å². The summed E-state index contributed by atoms with van der Waals surface area (Å²) in [6.45, 7) is 1.98. The Hall–Kier alpha value is -3.22. The maximum absolute atomic E-state index is 11.9. The molecule has 7 nitrogen and oxygen atoms in total. The summed E-state index contributed by atoms with van der Waals surface area (Å²) in [5.74, 6) is 0. The first-order valence-electron chi connectivity index (χ1n) is 7.57. The Bertz CT molecular complexity index is 971. The molecule has 1 aromatic heterocycles. The average Bonchev–Trinajstić information content (AvgIpc) is 2.63. The second kappa shape index (κ2) is 6.49. The summed E-state index contributed by atoms with van der Waals surface area (Å²) < 4.78 is 0. The summed E-state index contributed by atoms with van der Waals surface area (Å²) in [5, 5.41) is 11.7. The van der Waals surface area contributed by atoms with E-state index in [9.17, 15) is 14.4 Å². The molecule has 0 unspecified atom stereocenters. The lowest BCUT2D eigenvalue weighted by Gasteiger charge is -2.21. The van der Waals surface area contributed by atoms with Crippen molar-refractivity contribution in [2.45, 2.75) is 19.4 Å². The molecular weight excluding hydrogens is 308 g/mol. The average molecular weight is 324 g/mol. The third-order valence-corrected chi connectivity index (χ3v) is 3.83. The predicted octanol–water partition coefficient (Wildman–Crippen LogP) is 1.67. The number of hydrogen-bond donors (Lipinski definition) is 3. The van der Waals surface area contributed by atoms with Crippen LogP contribution in [0.1, 0.15) is 24.9 Å². The number of benzene rings is 1. The summed E-state index contributed by atoms with van der Waals surface area (Å²) in [6, 6.07) is 11.0. The molecule has 0 amide bonds. The number of anilines is 3. The van der Waals surface area contributed by atoms with Crippen LogP contribution in [0.25, 0.3) is 0 Å². The molecule has 0 aliphatic heterocycles. The predicted molar refractivity (Wildman–Crippen MR) is 92.6 cm³/mol. The van der Waals surface area contributed by atoms with Gasteiger partial charge < -0.3 is 10.6 Å². The second-order valence-corrected chi connectivity index (χ2v) is 5.35. The van der Waals surface area contributed by atoms with E-state index < -0.39 is 16.4 Å². The lowest BCUT2D eigenvalue weighted by atomic mass is 10.0. The number of nitrogens with zero attached hydrogens (tertiary/aromatic N) is 1. The summed E-state index contributed by atoms with van der Waals surface area (Å²) >= 11 is 0. The van der Waals surface area contributed by atoms with Crippen molar-refractivity contribution >= 4 is 17.1 Å². The molecule has 3 aromatic rings. The summed E-state index contributed by atoms with van der Waals surface area (Å²) in [5.41, 5.74) is -0.216. The highest BCUT2D eigenvalue weighted by molar-refractivity contribution is 5.78. The zero-order valence-corrected chi connectivity index (χ0v) is 13.0. The Morgan fingerprint density at radius 1 is 1.04 bits per heavy atom. The van der Waals surface area contributed by atoms with E-state index in [0.717, 1.165) is 12.0 Å². The van der Waals surface area contributed by atoms with Crippen molar-refractivity contribution in [3.05, 3.63) is 79.0 Å². The van der Waals surface area contributed by atoms with Gasteiger partial charge in [-0.3, -0.25) is 14.4 Å². The molecule has 0 saturated carbocycles. The van der Waals surface area contributed by atoms with E-state index >= 15 is 0 Å². The number of rotatable bonds is 6. The molecule has 0 bridgehead atoms. The van der Waals surface area contributed by atoms with Gasteiger partial charge in [0, 0.05) is 6.20 Å². The van der Waals surface area contributed by atoms with Crippen molar-refractivity contribution in [2.24, 2.45) is 0 Å². The van der Waals surface area contributed by atoms with Gasteiger partial charge in [0.15, 0.2) is 0 Å². The minimum atomic E-state index is -0.642.